The summed E-state index contributed by atoms with van der Waals surface area (Å²) in [6, 6.07) is 5.24. The number of nitrogens with two attached hydrogens (primary N) is 1. The monoisotopic (exact) mass is 297 g/mol. The van der Waals surface area contributed by atoms with Crippen LogP contribution in [0.2, 0.25) is 5.02 Å². The van der Waals surface area contributed by atoms with Gasteiger partial charge in [0.1, 0.15) is 5.25 Å². The highest BCUT2D eigenvalue weighted by molar-refractivity contribution is 8.15. The summed E-state index contributed by atoms with van der Waals surface area (Å²) in [6.45, 7) is 1.88. The van der Waals surface area contributed by atoms with Crippen LogP contribution >= 0.6 is 23.4 Å². The lowest BCUT2D eigenvalue weighted by Gasteiger charge is -2.09. The second kappa shape index (κ2) is 5.63. The zero-order valence-electron chi connectivity index (χ0n) is 10.1. The van der Waals surface area contributed by atoms with Crippen molar-refractivity contribution in [3.05, 3.63) is 28.8 Å². The number of hydrogen-bond donors (Lipinski definition) is 2. The minimum absolute atomic E-state index is 0.0409. The summed E-state index contributed by atoms with van der Waals surface area (Å²) in [7, 11) is 0. The van der Waals surface area contributed by atoms with Gasteiger partial charge in [0.2, 0.25) is 5.91 Å². The van der Waals surface area contributed by atoms with Crippen LogP contribution in [0.15, 0.2) is 23.2 Å². The second-order valence-electron chi connectivity index (χ2n) is 4.11. The van der Waals surface area contributed by atoms with E-state index in [0.717, 1.165) is 17.3 Å². The molecule has 7 heteroatoms. The van der Waals surface area contributed by atoms with Gasteiger partial charge in [-0.2, -0.15) is 4.99 Å². The first kappa shape index (κ1) is 13.9. The summed E-state index contributed by atoms with van der Waals surface area (Å²) in [5.74, 6) is -0.629. The Morgan fingerprint density at radius 1 is 1.58 bits per heavy atom. The van der Waals surface area contributed by atoms with E-state index in [1.54, 1.807) is 12.1 Å². The lowest BCUT2D eigenvalue weighted by Crippen LogP contribution is -2.21. The Morgan fingerprint density at radius 3 is 2.89 bits per heavy atom. The Morgan fingerprint density at radius 2 is 2.32 bits per heavy atom. The molecule has 0 aliphatic carbocycles. The van der Waals surface area contributed by atoms with Gasteiger partial charge in [-0.3, -0.25) is 9.59 Å². The lowest BCUT2D eigenvalue weighted by molar-refractivity contribution is -0.121. The molecule has 1 aliphatic heterocycles. The number of halogens is 1. The first-order valence-corrected chi connectivity index (χ1v) is 6.82. The Kier molecular flexibility index (Phi) is 4.11. The van der Waals surface area contributed by atoms with Crippen molar-refractivity contribution < 1.29 is 9.59 Å². The molecule has 0 saturated heterocycles. The Balaban J connectivity index is 1.95. The average molecular weight is 298 g/mol. The van der Waals surface area contributed by atoms with E-state index in [-0.39, 0.29) is 23.4 Å². The first-order valence-electron chi connectivity index (χ1n) is 5.56. The van der Waals surface area contributed by atoms with Crippen LogP contribution in [0.4, 0.5) is 5.69 Å². The van der Waals surface area contributed by atoms with E-state index in [1.807, 2.05) is 13.0 Å². The lowest BCUT2D eigenvalue weighted by atomic mass is 10.2. The van der Waals surface area contributed by atoms with Gasteiger partial charge in [-0.25, -0.2) is 0 Å². The SMILES string of the molecule is Cc1ccc(NC(=O)C[C@H]2SC(N)=NC2=O)cc1Cl. The normalized spacial score (nSPS) is 18.3. The number of nitrogens with zero attached hydrogens (tertiary/aromatic N) is 1. The molecule has 1 aromatic carbocycles. The number of rotatable bonds is 3. The zero-order chi connectivity index (χ0) is 14.0. The highest BCUT2D eigenvalue weighted by Gasteiger charge is 2.29. The molecule has 1 aromatic rings. The van der Waals surface area contributed by atoms with Crippen molar-refractivity contribution in [2.45, 2.75) is 18.6 Å². The summed E-state index contributed by atoms with van der Waals surface area (Å²) in [6.07, 6.45) is 0.0409. The van der Waals surface area contributed by atoms with Gasteiger partial charge >= 0.3 is 0 Å². The molecule has 1 aliphatic rings. The van der Waals surface area contributed by atoms with Gasteiger partial charge in [-0.15, -0.1) is 0 Å². The van der Waals surface area contributed by atoms with Gasteiger partial charge in [0.25, 0.3) is 5.91 Å². The standard InChI is InChI=1S/C12H12ClN3O2S/c1-6-2-3-7(4-8(6)13)15-10(17)5-9-11(18)16-12(14)19-9/h2-4,9H,5H2,1H3,(H,15,17)(H2,14,16,18)/t9-/m1/s1. The summed E-state index contributed by atoms with van der Waals surface area (Å²) < 4.78 is 0. The molecule has 0 radical (unpaired) electrons. The van der Waals surface area contributed by atoms with Crippen molar-refractivity contribution in [2.24, 2.45) is 10.7 Å². The van der Waals surface area contributed by atoms with Gasteiger partial charge in [-0.1, -0.05) is 29.4 Å². The van der Waals surface area contributed by atoms with Crippen LogP contribution in [0.25, 0.3) is 0 Å². The summed E-state index contributed by atoms with van der Waals surface area (Å²) in [5.41, 5.74) is 6.96. The quantitative estimate of drug-likeness (QED) is 0.893. The van der Waals surface area contributed by atoms with Crippen molar-refractivity contribution in [3.63, 3.8) is 0 Å². The van der Waals surface area contributed by atoms with E-state index in [9.17, 15) is 9.59 Å². The van der Waals surface area contributed by atoms with E-state index >= 15 is 0 Å². The van der Waals surface area contributed by atoms with Gasteiger partial charge < -0.3 is 11.1 Å². The zero-order valence-corrected chi connectivity index (χ0v) is 11.7. The molecule has 5 nitrogen and oxygen atoms in total. The maximum Gasteiger partial charge on any atom is 0.262 e. The minimum Gasteiger partial charge on any atom is -0.378 e. The molecular weight excluding hydrogens is 286 g/mol. The van der Waals surface area contributed by atoms with Crippen LogP contribution in [0.5, 0.6) is 0 Å². The van der Waals surface area contributed by atoms with E-state index in [4.69, 9.17) is 17.3 Å². The Bertz CT molecular complexity index is 574. The van der Waals surface area contributed by atoms with E-state index < -0.39 is 5.25 Å². The Hall–Kier alpha value is -1.53. The molecule has 100 valence electrons. The number of thioether (sulfide) groups is 1. The summed E-state index contributed by atoms with van der Waals surface area (Å²) in [5, 5.41) is 2.95. The fourth-order valence-electron chi connectivity index (χ4n) is 1.58. The van der Waals surface area contributed by atoms with E-state index in [1.165, 1.54) is 0 Å². The second-order valence-corrected chi connectivity index (χ2v) is 5.74. The topological polar surface area (TPSA) is 84.6 Å². The molecule has 0 bridgehead atoms. The third-order valence-electron chi connectivity index (χ3n) is 2.59. The molecule has 0 aromatic heterocycles. The number of amides is 2. The molecule has 0 unspecified atom stereocenters. The van der Waals surface area contributed by atoms with Crippen LogP contribution in [-0.4, -0.2) is 22.2 Å². The maximum atomic E-state index is 11.8. The number of carbonyl (C=O) groups excluding carboxylic acids is 2. The van der Waals surface area contributed by atoms with E-state index in [0.29, 0.717) is 10.7 Å². The van der Waals surface area contributed by atoms with Crippen molar-refractivity contribution in [2.75, 3.05) is 5.32 Å². The number of anilines is 1. The predicted molar refractivity (Wildman–Crippen MR) is 77.4 cm³/mol. The molecule has 0 fully saturated rings. The van der Waals surface area contributed by atoms with Gasteiger partial charge in [0, 0.05) is 17.1 Å². The average Bonchev–Trinajstić information content (AvgIpc) is 2.62. The number of carbonyl (C=O) groups is 2. The number of aryl methyl sites for hydroxylation is 1. The van der Waals surface area contributed by atoms with Crippen LogP contribution < -0.4 is 11.1 Å². The molecule has 3 N–H and O–H groups in total. The molecular formula is C12H12ClN3O2S. The van der Waals surface area contributed by atoms with E-state index in [2.05, 4.69) is 10.3 Å². The van der Waals surface area contributed by atoms with Crippen molar-refractivity contribution in [3.8, 4) is 0 Å². The largest absolute Gasteiger partial charge is 0.378 e. The molecule has 2 rings (SSSR count). The summed E-state index contributed by atoms with van der Waals surface area (Å²) in [4.78, 5) is 26.8. The molecule has 1 atom stereocenters. The summed E-state index contributed by atoms with van der Waals surface area (Å²) >= 11 is 7.07. The number of hydrogen-bond acceptors (Lipinski definition) is 4. The number of benzene rings is 1. The fourth-order valence-corrected chi connectivity index (χ4v) is 2.59. The third kappa shape index (κ3) is 3.48. The van der Waals surface area contributed by atoms with Crippen LogP contribution in [0.1, 0.15) is 12.0 Å². The molecule has 1 heterocycles. The first-order chi connectivity index (χ1) is 8.95. The molecule has 19 heavy (non-hydrogen) atoms. The van der Waals surface area contributed by atoms with Gasteiger partial charge in [-0.05, 0) is 24.6 Å². The highest BCUT2D eigenvalue weighted by Crippen LogP contribution is 2.24. The van der Waals surface area contributed by atoms with Crippen LogP contribution in [0, 0.1) is 6.92 Å². The number of amidine groups is 1. The van der Waals surface area contributed by atoms with Crippen LogP contribution in [-0.2, 0) is 9.59 Å². The Labute approximate surface area is 119 Å². The molecule has 0 saturated carbocycles. The smallest absolute Gasteiger partial charge is 0.262 e. The minimum atomic E-state index is -0.527. The van der Waals surface area contributed by atoms with Gasteiger partial charge in [0.05, 0.1) is 0 Å². The molecule has 0 spiro atoms. The molecule has 2 amide bonds. The highest BCUT2D eigenvalue weighted by atomic mass is 35.5. The fraction of sp³-hybridized carbons (Fsp3) is 0.250. The van der Waals surface area contributed by atoms with Crippen molar-refractivity contribution in [1.82, 2.24) is 0 Å². The maximum absolute atomic E-state index is 11.8. The third-order valence-corrected chi connectivity index (χ3v) is 3.98. The van der Waals surface area contributed by atoms with Crippen molar-refractivity contribution in [1.29, 1.82) is 0 Å². The predicted octanol–water partition coefficient (Wildman–Crippen LogP) is 1.93. The van der Waals surface area contributed by atoms with Crippen molar-refractivity contribution >= 4 is 46.0 Å². The number of nitrogens with one attached hydrogen (secondary N) is 1. The number of aliphatic imine (C=N–C) groups is 1. The van der Waals surface area contributed by atoms with Gasteiger partial charge in [0.15, 0.2) is 5.17 Å². The van der Waals surface area contributed by atoms with Crippen LogP contribution in [0.3, 0.4) is 0 Å².